The molecule has 0 radical (unpaired) electrons. The zero-order valence-electron chi connectivity index (χ0n) is 3.33. The molecule has 0 aromatic rings. The van der Waals surface area contributed by atoms with Gasteiger partial charge in [0, 0.05) is 0 Å². The van der Waals surface area contributed by atoms with Gasteiger partial charge >= 0.3 is 0 Å². The van der Waals surface area contributed by atoms with E-state index in [9.17, 15) is 4.57 Å². The standard InChI is InChI=1S/C3HN2OP/c6-7-1-2(7)5-3(7)4-1/h1H. The molecule has 0 aromatic carbocycles. The molecule has 0 N–H and O–H groups in total. The maximum Gasteiger partial charge on any atom is 0.224 e. The van der Waals surface area contributed by atoms with E-state index in [0.29, 0.717) is 5.58 Å². The van der Waals surface area contributed by atoms with Crippen LogP contribution in [0.15, 0.2) is 9.98 Å². The fraction of sp³-hybridized carbons (Fsp3) is 0.333. The average Bonchev–Trinajstić information content (AvgIpc) is 2.27. The molecule has 1 saturated heterocycles. The van der Waals surface area contributed by atoms with Crippen LogP contribution in [0.4, 0.5) is 0 Å². The lowest BCUT2D eigenvalue weighted by molar-refractivity contribution is 0.591. The number of aliphatic imine (C=N–C) groups is 2. The van der Waals surface area contributed by atoms with Crippen molar-refractivity contribution in [3.63, 3.8) is 0 Å². The van der Waals surface area contributed by atoms with Gasteiger partial charge in [0.15, 0.2) is 11.4 Å². The third-order valence-electron chi connectivity index (χ3n) is 1.60. The highest BCUT2D eigenvalue weighted by molar-refractivity contribution is 8.10. The van der Waals surface area contributed by atoms with Crippen LogP contribution in [0.2, 0.25) is 0 Å². The van der Waals surface area contributed by atoms with Crippen LogP contribution in [0.25, 0.3) is 0 Å². The summed E-state index contributed by atoms with van der Waals surface area (Å²) >= 11 is 0. The summed E-state index contributed by atoms with van der Waals surface area (Å²) in [5.41, 5.74) is 1.55. The first-order valence-electron chi connectivity index (χ1n) is 2.11. The lowest BCUT2D eigenvalue weighted by Gasteiger charge is -2.05. The Hall–Kier alpha value is -0.430. The molecule has 2 unspecified atom stereocenters. The summed E-state index contributed by atoms with van der Waals surface area (Å²) in [6.07, 6.45) is 0. The maximum absolute atomic E-state index is 10.9. The molecular formula is C3HN2OP. The van der Waals surface area contributed by atoms with Crippen molar-refractivity contribution >= 4 is 18.2 Å². The molecule has 0 spiro atoms. The van der Waals surface area contributed by atoms with E-state index in [1.807, 2.05) is 0 Å². The summed E-state index contributed by atoms with van der Waals surface area (Å²) in [5.74, 6) is 0.113. The van der Waals surface area contributed by atoms with Gasteiger partial charge in [-0.2, -0.15) is 0 Å². The van der Waals surface area contributed by atoms with Crippen LogP contribution in [0.5, 0.6) is 0 Å². The minimum absolute atomic E-state index is 0.113. The first-order valence-corrected chi connectivity index (χ1v) is 3.88. The molecule has 0 aromatic heterocycles. The molecule has 0 bridgehead atoms. The molecule has 7 heavy (non-hydrogen) atoms. The Labute approximate surface area is 39.5 Å². The summed E-state index contributed by atoms with van der Waals surface area (Å²) in [7, 11) is -1.79. The van der Waals surface area contributed by atoms with Crippen molar-refractivity contribution in [1.82, 2.24) is 0 Å². The number of hydrogen-bond acceptors (Lipinski definition) is 3. The van der Waals surface area contributed by atoms with Gasteiger partial charge in [-0.15, -0.1) is 0 Å². The topological polar surface area (TPSA) is 41.8 Å². The van der Waals surface area contributed by atoms with Gasteiger partial charge < -0.3 is 4.57 Å². The molecule has 3 nitrogen and oxygen atoms in total. The van der Waals surface area contributed by atoms with Gasteiger partial charge in [0.1, 0.15) is 5.45 Å². The Morgan fingerprint density at radius 3 is 2.57 bits per heavy atom. The van der Waals surface area contributed by atoms with E-state index in [2.05, 4.69) is 9.98 Å². The summed E-state index contributed by atoms with van der Waals surface area (Å²) in [6, 6.07) is 0. The second-order valence-electron chi connectivity index (χ2n) is 1.93. The number of nitrogens with zero attached hydrogens (tertiary/aromatic N) is 2. The minimum atomic E-state index is -1.79. The van der Waals surface area contributed by atoms with Crippen molar-refractivity contribution in [2.75, 3.05) is 0 Å². The molecule has 4 heteroatoms. The van der Waals surface area contributed by atoms with E-state index < -0.39 is 7.14 Å². The Balaban J connectivity index is 2.74. The lowest BCUT2D eigenvalue weighted by Crippen LogP contribution is -1.99. The Bertz CT molecular complexity index is 277. The first kappa shape index (κ1) is 2.78. The van der Waals surface area contributed by atoms with Crippen molar-refractivity contribution in [3.05, 3.63) is 0 Å². The number of hydrogen-bond donors (Lipinski definition) is 0. The molecule has 3 aliphatic rings. The number of rotatable bonds is 0. The molecule has 0 saturated carbocycles. The van der Waals surface area contributed by atoms with Crippen LogP contribution in [-0.2, 0) is 4.57 Å². The summed E-state index contributed by atoms with van der Waals surface area (Å²) in [6.45, 7) is 0. The summed E-state index contributed by atoms with van der Waals surface area (Å²) in [5, 5.41) is 0. The number of amidine groups is 1. The highest BCUT2D eigenvalue weighted by Gasteiger charge is 2.76. The zero-order valence-corrected chi connectivity index (χ0v) is 4.22. The molecule has 1 fully saturated rings. The minimum Gasteiger partial charge on any atom is -0.306 e. The van der Waals surface area contributed by atoms with Gasteiger partial charge in [-0.05, 0) is 0 Å². The molecule has 0 amide bonds. The predicted octanol–water partition coefficient (Wildman–Crippen LogP) is 0.471. The van der Waals surface area contributed by atoms with Gasteiger partial charge in [-0.3, -0.25) is 0 Å². The fourth-order valence-electron chi connectivity index (χ4n) is 1.03. The molecule has 3 rings (SSSR count). The Morgan fingerprint density at radius 1 is 1.71 bits per heavy atom. The van der Waals surface area contributed by atoms with Gasteiger partial charge in [-0.25, -0.2) is 9.98 Å². The summed E-state index contributed by atoms with van der Waals surface area (Å²) in [4.78, 5) is 7.74. The SMILES string of the molecule is O=P12C3=NC1C2=N3. The van der Waals surface area contributed by atoms with Gasteiger partial charge in [0.2, 0.25) is 7.14 Å². The Kier molecular flexibility index (Phi) is 0.168. The highest BCUT2D eigenvalue weighted by atomic mass is 31.2. The maximum atomic E-state index is 10.9. The number of fused-ring (bicyclic) bond motifs is 1. The van der Waals surface area contributed by atoms with Gasteiger partial charge in [0.05, 0.1) is 0 Å². The molecular weight excluding hydrogens is 111 g/mol. The average molecular weight is 112 g/mol. The third-order valence-corrected chi connectivity index (χ3v) is 4.20. The zero-order chi connectivity index (χ0) is 4.65. The molecule has 2 atom stereocenters. The van der Waals surface area contributed by atoms with Crippen LogP contribution in [0, 0.1) is 0 Å². The fourth-order valence-corrected chi connectivity index (χ4v) is 3.11. The monoisotopic (exact) mass is 112 g/mol. The van der Waals surface area contributed by atoms with Crippen molar-refractivity contribution in [2.24, 2.45) is 9.98 Å². The van der Waals surface area contributed by atoms with E-state index >= 15 is 0 Å². The third kappa shape index (κ3) is 0.0934. The smallest absolute Gasteiger partial charge is 0.224 e. The quantitative estimate of drug-likeness (QED) is 0.420. The Morgan fingerprint density at radius 2 is 2.57 bits per heavy atom. The van der Waals surface area contributed by atoms with Gasteiger partial charge in [-0.1, -0.05) is 0 Å². The largest absolute Gasteiger partial charge is 0.306 e. The predicted molar refractivity (Wildman–Crippen MR) is 26.3 cm³/mol. The summed E-state index contributed by atoms with van der Waals surface area (Å²) < 4.78 is 10.9. The second kappa shape index (κ2) is 0.424. The molecule has 0 aliphatic carbocycles. The van der Waals surface area contributed by atoms with E-state index in [0.717, 1.165) is 5.45 Å². The normalized spacial score (nSPS) is 58.0. The van der Waals surface area contributed by atoms with Crippen LogP contribution < -0.4 is 0 Å². The van der Waals surface area contributed by atoms with Crippen molar-refractivity contribution in [1.29, 1.82) is 0 Å². The second-order valence-corrected chi connectivity index (χ2v) is 4.59. The highest BCUT2D eigenvalue weighted by Crippen LogP contribution is 2.84. The van der Waals surface area contributed by atoms with Crippen molar-refractivity contribution < 1.29 is 4.57 Å². The van der Waals surface area contributed by atoms with Crippen LogP contribution in [0.1, 0.15) is 0 Å². The molecule has 34 valence electrons. The van der Waals surface area contributed by atoms with Gasteiger partial charge in [0.25, 0.3) is 0 Å². The van der Waals surface area contributed by atoms with E-state index in [-0.39, 0.29) is 5.78 Å². The van der Waals surface area contributed by atoms with E-state index in [1.165, 1.54) is 0 Å². The lowest BCUT2D eigenvalue weighted by atomic mass is 10.8. The van der Waals surface area contributed by atoms with E-state index in [1.54, 1.807) is 0 Å². The van der Waals surface area contributed by atoms with Crippen LogP contribution in [-0.4, -0.2) is 16.8 Å². The molecule has 3 heterocycles. The molecule has 3 aliphatic heterocycles. The van der Waals surface area contributed by atoms with Crippen molar-refractivity contribution in [2.45, 2.75) is 5.78 Å². The first-order chi connectivity index (χ1) is 3.33. The van der Waals surface area contributed by atoms with Crippen LogP contribution >= 0.6 is 7.14 Å². The van der Waals surface area contributed by atoms with Crippen molar-refractivity contribution in [3.8, 4) is 0 Å². The van der Waals surface area contributed by atoms with E-state index in [4.69, 9.17) is 0 Å². The van der Waals surface area contributed by atoms with Crippen LogP contribution in [0.3, 0.4) is 0 Å².